The minimum absolute atomic E-state index is 0. The van der Waals surface area contributed by atoms with Gasteiger partial charge < -0.3 is 25.7 Å². The molecular formula is C29H42N8O3. The molecule has 1 atom stereocenters. The minimum atomic E-state index is -0.217. The van der Waals surface area contributed by atoms with Gasteiger partial charge in [0, 0.05) is 62.1 Å². The molecule has 0 aromatic carbocycles. The zero-order valence-corrected chi connectivity index (χ0v) is 23.9. The van der Waals surface area contributed by atoms with Crippen LogP contribution in [0.2, 0.25) is 0 Å². The number of rotatable bonds is 5. The fourth-order valence-electron chi connectivity index (χ4n) is 7.57. The van der Waals surface area contributed by atoms with Gasteiger partial charge in [0.25, 0.3) is 0 Å². The molecule has 11 nitrogen and oxygen atoms in total. The Kier molecular flexibility index (Phi) is 6.87. The number of nitrogens with zero attached hydrogens (tertiary/aromatic N) is 6. The molecule has 0 spiro atoms. The maximum Gasteiger partial charge on any atom is 0.239 e. The summed E-state index contributed by atoms with van der Waals surface area (Å²) in [5, 5.41) is 17.4. The lowest BCUT2D eigenvalue weighted by Crippen LogP contribution is -2.62. The molecule has 2 aliphatic heterocycles. The van der Waals surface area contributed by atoms with Crippen LogP contribution >= 0.6 is 0 Å². The third kappa shape index (κ3) is 4.57. The molecule has 1 amide bonds. The molecule has 4 fully saturated rings. The molecule has 3 aromatic rings. The smallest absolute Gasteiger partial charge is 0.239 e. The van der Waals surface area contributed by atoms with Gasteiger partial charge in [-0.05, 0) is 63.9 Å². The van der Waals surface area contributed by atoms with E-state index in [0.29, 0.717) is 13.2 Å². The predicted molar refractivity (Wildman–Crippen MR) is 152 cm³/mol. The van der Waals surface area contributed by atoms with E-state index in [-0.39, 0.29) is 28.4 Å². The van der Waals surface area contributed by atoms with E-state index in [0.717, 1.165) is 93.5 Å². The Labute approximate surface area is 234 Å². The summed E-state index contributed by atoms with van der Waals surface area (Å²) in [7, 11) is 1.96. The number of carbonyl (C=O) groups is 1. The molecule has 1 saturated heterocycles. The average Bonchev–Trinajstić information content (AvgIpc) is 3.48. The first-order chi connectivity index (χ1) is 18.8. The summed E-state index contributed by atoms with van der Waals surface area (Å²) in [5.41, 5.74) is 7.34. The Balaban J connectivity index is 0.00000289. The zero-order chi connectivity index (χ0) is 26.8. The van der Waals surface area contributed by atoms with Crippen molar-refractivity contribution in [3.05, 3.63) is 34.9 Å². The molecule has 4 N–H and O–H groups in total. The molecule has 3 aliphatic carbocycles. The molecular weight excluding hydrogens is 508 g/mol. The SMILES string of the molecule is Cc1cc(N2CCc3c(c(C)nn3CC34CCC(NC(=O)[C@@H]5COCCN5)(CC3)CC4)C2)c2cnn(C)c2n1.O. The highest BCUT2D eigenvalue weighted by Crippen LogP contribution is 2.53. The van der Waals surface area contributed by atoms with Crippen LogP contribution in [0.1, 0.15) is 61.2 Å². The van der Waals surface area contributed by atoms with Gasteiger partial charge in [-0.3, -0.25) is 14.2 Å². The number of aromatic nitrogens is 5. The van der Waals surface area contributed by atoms with Crippen LogP contribution in [-0.4, -0.2) is 73.8 Å². The predicted octanol–water partition coefficient (Wildman–Crippen LogP) is 1.72. The van der Waals surface area contributed by atoms with Gasteiger partial charge in [0.2, 0.25) is 5.91 Å². The van der Waals surface area contributed by atoms with E-state index in [1.165, 1.54) is 16.9 Å². The average molecular weight is 551 g/mol. The number of amides is 1. The van der Waals surface area contributed by atoms with E-state index in [9.17, 15) is 4.79 Å². The summed E-state index contributed by atoms with van der Waals surface area (Å²) in [6.45, 7) is 8.96. The van der Waals surface area contributed by atoms with E-state index >= 15 is 0 Å². The van der Waals surface area contributed by atoms with Crippen LogP contribution in [0.4, 0.5) is 5.69 Å². The number of pyridine rings is 1. The van der Waals surface area contributed by atoms with E-state index in [4.69, 9.17) is 14.8 Å². The number of ether oxygens (including phenoxy) is 1. The highest BCUT2D eigenvalue weighted by Gasteiger charge is 2.50. The largest absolute Gasteiger partial charge is 0.412 e. The first-order valence-electron chi connectivity index (χ1n) is 14.6. The first kappa shape index (κ1) is 27.2. The maximum absolute atomic E-state index is 12.9. The molecule has 2 bridgehead atoms. The van der Waals surface area contributed by atoms with Crippen LogP contribution in [0.3, 0.4) is 0 Å². The number of morpholine rings is 1. The van der Waals surface area contributed by atoms with Crippen molar-refractivity contribution in [2.45, 2.75) is 83.5 Å². The molecule has 40 heavy (non-hydrogen) atoms. The second kappa shape index (κ2) is 10.1. The highest BCUT2D eigenvalue weighted by atomic mass is 16.5. The number of hydrogen-bond acceptors (Lipinski definition) is 7. The molecule has 5 aliphatic rings. The number of anilines is 1. The summed E-state index contributed by atoms with van der Waals surface area (Å²) in [6.07, 6.45) is 9.56. The Morgan fingerprint density at radius 1 is 1.20 bits per heavy atom. The summed E-state index contributed by atoms with van der Waals surface area (Å²) in [5.74, 6) is 0.110. The van der Waals surface area contributed by atoms with Crippen molar-refractivity contribution in [3.8, 4) is 0 Å². The molecule has 216 valence electrons. The van der Waals surface area contributed by atoms with Gasteiger partial charge in [-0.2, -0.15) is 10.2 Å². The van der Waals surface area contributed by atoms with E-state index in [1.807, 2.05) is 17.9 Å². The van der Waals surface area contributed by atoms with Crippen molar-refractivity contribution in [3.63, 3.8) is 0 Å². The molecule has 8 rings (SSSR count). The van der Waals surface area contributed by atoms with Gasteiger partial charge in [0.05, 0.1) is 36.2 Å². The van der Waals surface area contributed by atoms with Gasteiger partial charge >= 0.3 is 0 Å². The van der Waals surface area contributed by atoms with Gasteiger partial charge in [-0.15, -0.1) is 0 Å². The number of nitrogens with one attached hydrogen (secondary N) is 2. The van der Waals surface area contributed by atoms with Crippen LogP contribution in [-0.2, 0) is 36.1 Å². The Hall–Kier alpha value is -3.02. The third-order valence-electron chi connectivity index (χ3n) is 10.0. The van der Waals surface area contributed by atoms with Gasteiger partial charge in [0.1, 0.15) is 6.04 Å². The van der Waals surface area contributed by atoms with Crippen LogP contribution < -0.4 is 15.5 Å². The number of hydrogen-bond donors (Lipinski definition) is 2. The quantitative estimate of drug-likeness (QED) is 0.494. The van der Waals surface area contributed by atoms with Crippen LogP contribution in [0.15, 0.2) is 12.3 Å². The lowest BCUT2D eigenvalue weighted by Gasteiger charge is -2.54. The fourth-order valence-corrected chi connectivity index (χ4v) is 7.57. The Bertz CT molecular complexity index is 1400. The van der Waals surface area contributed by atoms with E-state index in [2.05, 4.69) is 45.2 Å². The van der Waals surface area contributed by atoms with Crippen molar-refractivity contribution in [2.24, 2.45) is 12.5 Å². The summed E-state index contributed by atoms with van der Waals surface area (Å²) < 4.78 is 9.72. The fraction of sp³-hybridized carbons (Fsp3) is 0.655. The second-order valence-corrected chi connectivity index (χ2v) is 12.5. The maximum atomic E-state index is 12.9. The molecule has 11 heteroatoms. The van der Waals surface area contributed by atoms with Gasteiger partial charge in [-0.25, -0.2) is 4.98 Å². The van der Waals surface area contributed by atoms with E-state index < -0.39 is 0 Å². The molecule has 3 aromatic heterocycles. The number of fused-ring (bicyclic) bond motifs is 5. The molecule has 3 saturated carbocycles. The number of aryl methyl sites for hydroxylation is 3. The highest BCUT2D eigenvalue weighted by molar-refractivity contribution is 5.89. The van der Waals surface area contributed by atoms with Crippen molar-refractivity contribution >= 4 is 22.6 Å². The lowest BCUT2D eigenvalue weighted by atomic mass is 9.57. The second-order valence-electron chi connectivity index (χ2n) is 12.5. The Morgan fingerprint density at radius 3 is 2.70 bits per heavy atom. The monoisotopic (exact) mass is 550 g/mol. The van der Waals surface area contributed by atoms with Crippen LogP contribution in [0.25, 0.3) is 11.0 Å². The molecule has 5 heterocycles. The lowest BCUT2D eigenvalue weighted by molar-refractivity contribution is -0.130. The summed E-state index contributed by atoms with van der Waals surface area (Å²) in [4.78, 5) is 20.1. The van der Waals surface area contributed by atoms with Crippen molar-refractivity contribution in [1.29, 1.82) is 0 Å². The zero-order valence-electron chi connectivity index (χ0n) is 23.9. The topological polar surface area (TPSA) is 134 Å². The Morgan fingerprint density at radius 2 is 1.98 bits per heavy atom. The first-order valence-corrected chi connectivity index (χ1v) is 14.6. The van der Waals surface area contributed by atoms with Gasteiger partial charge in [-0.1, -0.05) is 0 Å². The minimum Gasteiger partial charge on any atom is -0.412 e. The number of carbonyl (C=O) groups excluding carboxylic acids is 1. The third-order valence-corrected chi connectivity index (χ3v) is 10.0. The molecule has 0 unspecified atom stereocenters. The van der Waals surface area contributed by atoms with Crippen molar-refractivity contribution in [1.82, 2.24) is 35.2 Å². The summed E-state index contributed by atoms with van der Waals surface area (Å²) >= 11 is 0. The summed E-state index contributed by atoms with van der Waals surface area (Å²) in [6, 6.07) is 1.98. The normalized spacial score (nSPS) is 27.9. The van der Waals surface area contributed by atoms with Crippen molar-refractivity contribution < 1.29 is 15.0 Å². The van der Waals surface area contributed by atoms with Gasteiger partial charge in [0.15, 0.2) is 5.65 Å². The van der Waals surface area contributed by atoms with Crippen LogP contribution in [0.5, 0.6) is 0 Å². The van der Waals surface area contributed by atoms with E-state index in [1.54, 1.807) is 0 Å². The standard InChI is InChI=1S/C29H40N8O2.H2O/c1-19-14-25(21-15-31-35(3)26(21)32-19)36-12-4-24-22(16-36)20(2)34-37(24)18-28-5-8-29(9-6-28,10-7-28)33-27(38)23-17-39-13-11-30-23;/h14-15,23,30H,4-13,16-18H2,1-3H3,(H,33,38);1H2/t23-,28?,29?;/m0./s1. The van der Waals surface area contributed by atoms with Crippen LogP contribution in [0, 0.1) is 19.3 Å². The molecule has 0 radical (unpaired) electrons. The van der Waals surface area contributed by atoms with Crippen molar-refractivity contribution in [2.75, 3.05) is 31.2 Å².